The maximum Gasteiger partial charge on any atom is 0.180 e. The van der Waals surface area contributed by atoms with Crippen molar-refractivity contribution < 1.29 is 17.9 Å². The van der Waals surface area contributed by atoms with Crippen LogP contribution in [0.2, 0.25) is 0 Å². The Balaban J connectivity index is 3.04. The average Bonchev–Trinajstić information content (AvgIpc) is 2.70. The summed E-state index contributed by atoms with van der Waals surface area (Å²) in [4.78, 5) is 0.139. The third-order valence-electron chi connectivity index (χ3n) is 2.55. The van der Waals surface area contributed by atoms with Crippen LogP contribution in [0.3, 0.4) is 0 Å². The van der Waals surface area contributed by atoms with Crippen molar-refractivity contribution in [3.05, 3.63) is 4.88 Å². The number of hydrogen-bond acceptors (Lipinski definition) is 8. The van der Waals surface area contributed by atoms with Gasteiger partial charge >= 0.3 is 0 Å². The molecule has 0 fully saturated rings. The minimum absolute atomic E-state index is 0.0109. The number of hydrogen-bond donors (Lipinski definition) is 2. The molecule has 0 aliphatic rings. The molecule has 0 amide bonds. The molecule has 1 heterocycles. The number of anilines is 2. The summed E-state index contributed by atoms with van der Waals surface area (Å²) in [6, 6.07) is 1.89. The number of nitrogen functional groups attached to an aromatic ring is 1. The summed E-state index contributed by atoms with van der Waals surface area (Å²) in [6.07, 6.45) is 0.821. The highest BCUT2D eigenvalue weighted by atomic mass is 32.2. The molecule has 3 N–H and O–H groups in total. The van der Waals surface area contributed by atoms with Gasteiger partial charge in [-0.2, -0.15) is 5.26 Å². The number of rotatable bonds is 7. The first-order valence-corrected chi connectivity index (χ1v) is 8.34. The van der Waals surface area contributed by atoms with E-state index >= 15 is 0 Å². The first-order valence-electron chi connectivity index (χ1n) is 5.63. The van der Waals surface area contributed by atoms with Crippen LogP contribution in [0, 0.1) is 11.3 Å². The van der Waals surface area contributed by atoms with Gasteiger partial charge < -0.3 is 20.5 Å². The molecule has 0 radical (unpaired) electrons. The zero-order valence-corrected chi connectivity index (χ0v) is 13.1. The third-order valence-corrected chi connectivity index (χ3v) is 4.91. The first kappa shape index (κ1) is 16.7. The molecule has 112 valence electrons. The van der Waals surface area contributed by atoms with Crippen molar-refractivity contribution in [1.29, 1.82) is 5.26 Å². The molecule has 0 aromatic carbocycles. The van der Waals surface area contributed by atoms with E-state index in [1.165, 1.54) is 7.11 Å². The van der Waals surface area contributed by atoms with Crippen molar-refractivity contribution in [2.75, 3.05) is 44.7 Å². The minimum Gasteiger partial charge on any atom is -0.396 e. The molecule has 0 saturated heterocycles. The van der Waals surface area contributed by atoms with Gasteiger partial charge in [0.05, 0.1) is 18.4 Å². The Morgan fingerprint density at radius 1 is 1.50 bits per heavy atom. The van der Waals surface area contributed by atoms with E-state index < -0.39 is 9.84 Å². The van der Waals surface area contributed by atoms with E-state index in [-0.39, 0.29) is 21.6 Å². The van der Waals surface area contributed by atoms with Gasteiger partial charge in [0, 0.05) is 27.0 Å². The fourth-order valence-electron chi connectivity index (χ4n) is 1.60. The zero-order chi connectivity index (χ0) is 15.3. The van der Waals surface area contributed by atoms with Crippen LogP contribution in [-0.4, -0.2) is 48.1 Å². The van der Waals surface area contributed by atoms with Crippen LogP contribution in [-0.2, 0) is 19.3 Å². The van der Waals surface area contributed by atoms with Crippen LogP contribution in [0.25, 0.3) is 0 Å². The Morgan fingerprint density at radius 3 is 2.60 bits per heavy atom. The number of methoxy groups -OCH3 is 2. The molecule has 7 nitrogen and oxygen atoms in total. The van der Waals surface area contributed by atoms with Crippen molar-refractivity contribution in [2.24, 2.45) is 0 Å². The summed E-state index contributed by atoms with van der Waals surface area (Å²) in [7, 11) is -0.440. The van der Waals surface area contributed by atoms with Gasteiger partial charge in [0.25, 0.3) is 0 Å². The van der Waals surface area contributed by atoms with Gasteiger partial charge in [-0.05, 0) is 0 Å². The summed E-state index contributed by atoms with van der Waals surface area (Å²) in [5.74, 6) is 0. The number of nitriles is 1. The van der Waals surface area contributed by atoms with E-state index in [0.29, 0.717) is 18.2 Å². The lowest BCUT2D eigenvalue weighted by atomic mass is 10.3. The maximum atomic E-state index is 11.8. The number of nitrogens with zero attached hydrogens (tertiary/aromatic N) is 1. The number of nitrogens with two attached hydrogens (primary N) is 1. The zero-order valence-electron chi connectivity index (χ0n) is 11.5. The Morgan fingerprint density at radius 2 is 2.15 bits per heavy atom. The van der Waals surface area contributed by atoms with E-state index in [1.807, 2.05) is 6.07 Å². The standard InChI is InChI=1S/C11H17N3O4S2/c1-17-6-7(18-2)5-14-11-10(20(3,15)16)9(13)8(4-12)19-11/h7,14H,5-6,13H2,1-3H3. The quantitative estimate of drug-likeness (QED) is 0.759. The SMILES string of the molecule is COCC(CNc1sc(C#N)c(N)c1S(C)(=O)=O)OC. The molecule has 1 aromatic rings. The molecule has 1 aromatic heterocycles. The van der Waals surface area contributed by atoms with E-state index in [1.54, 1.807) is 7.11 Å². The average molecular weight is 319 g/mol. The molecule has 1 rings (SSSR count). The lowest BCUT2D eigenvalue weighted by Gasteiger charge is -2.15. The Kier molecular flexibility index (Phi) is 5.76. The minimum atomic E-state index is -3.52. The Bertz CT molecular complexity index is 604. The summed E-state index contributed by atoms with van der Waals surface area (Å²) in [6.45, 7) is 0.710. The van der Waals surface area contributed by atoms with Crippen LogP contribution in [0.4, 0.5) is 10.7 Å². The maximum absolute atomic E-state index is 11.8. The first-order chi connectivity index (χ1) is 9.35. The number of thiophene rings is 1. The summed E-state index contributed by atoms with van der Waals surface area (Å²) < 4.78 is 33.7. The number of sulfone groups is 1. The number of nitrogens with one attached hydrogen (secondary N) is 1. The topological polar surface area (TPSA) is 114 Å². The summed E-state index contributed by atoms with van der Waals surface area (Å²) >= 11 is 1.01. The molecule has 20 heavy (non-hydrogen) atoms. The fourth-order valence-corrected chi connectivity index (χ4v) is 3.97. The highest BCUT2D eigenvalue weighted by molar-refractivity contribution is 7.91. The van der Waals surface area contributed by atoms with E-state index in [2.05, 4.69) is 5.32 Å². The van der Waals surface area contributed by atoms with E-state index in [4.69, 9.17) is 20.5 Å². The van der Waals surface area contributed by atoms with Gasteiger partial charge in [0.2, 0.25) is 0 Å². The van der Waals surface area contributed by atoms with Crippen molar-refractivity contribution in [3.63, 3.8) is 0 Å². The third kappa shape index (κ3) is 3.83. The molecule has 0 saturated carbocycles. The summed E-state index contributed by atoms with van der Waals surface area (Å²) in [5, 5.41) is 12.2. The van der Waals surface area contributed by atoms with Gasteiger partial charge in [0.15, 0.2) is 9.84 Å². The van der Waals surface area contributed by atoms with Crippen LogP contribution >= 0.6 is 11.3 Å². The van der Waals surface area contributed by atoms with E-state index in [0.717, 1.165) is 17.6 Å². The molecule has 0 spiro atoms. The molecule has 1 unspecified atom stereocenters. The second-order valence-corrected chi connectivity index (χ2v) is 7.05. The molecule has 0 aliphatic heterocycles. The molecule has 1 atom stereocenters. The van der Waals surface area contributed by atoms with Gasteiger partial charge in [-0.3, -0.25) is 0 Å². The smallest absolute Gasteiger partial charge is 0.180 e. The van der Waals surface area contributed by atoms with E-state index in [9.17, 15) is 8.42 Å². The molecular formula is C11H17N3O4S2. The normalized spacial score (nSPS) is 12.9. The fraction of sp³-hybridized carbons (Fsp3) is 0.545. The van der Waals surface area contributed by atoms with Crippen molar-refractivity contribution >= 4 is 31.9 Å². The molecule has 9 heteroatoms. The molecular weight excluding hydrogens is 302 g/mol. The second-order valence-electron chi connectivity index (χ2n) is 4.08. The second kappa shape index (κ2) is 6.90. The van der Waals surface area contributed by atoms with Crippen LogP contribution in [0.5, 0.6) is 0 Å². The highest BCUT2D eigenvalue weighted by Gasteiger charge is 2.24. The van der Waals surface area contributed by atoms with Gasteiger partial charge in [0.1, 0.15) is 20.8 Å². The van der Waals surface area contributed by atoms with Crippen LogP contribution < -0.4 is 11.1 Å². The number of ether oxygens (including phenoxy) is 2. The molecule has 0 bridgehead atoms. The predicted octanol–water partition coefficient (Wildman–Crippen LogP) is 0.679. The van der Waals surface area contributed by atoms with Crippen LogP contribution in [0.15, 0.2) is 4.90 Å². The van der Waals surface area contributed by atoms with Gasteiger partial charge in [-0.15, -0.1) is 11.3 Å². The monoisotopic (exact) mass is 319 g/mol. The van der Waals surface area contributed by atoms with Gasteiger partial charge in [-0.1, -0.05) is 0 Å². The molecule has 0 aliphatic carbocycles. The predicted molar refractivity (Wildman–Crippen MR) is 77.7 cm³/mol. The van der Waals surface area contributed by atoms with Crippen molar-refractivity contribution in [2.45, 2.75) is 11.0 Å². The van der Waals surface area contributed by atoms with Crippen LogP contribution in [0.1, 0.15) is 4.88 Å². The Hall–Kier alpha value is -1.34. The lowest BCUT2D eigenvalue weighted by Crippen LogP contribution is -2.26. The van der Waals surface area contributed by atoms with Crippen molar-refractivity contribution in [1.82, 2.24) is 0 Å². The van der Waals surface area contributed by atoms with Crippen molar-refractivity contribution in [3.8, 4) is 6.07 Å². The largest absolute Gasteiger partial charge is 0.396 e. The highest BCUT2D eigenvalue weighted by Crippen LogP contribution is 2.38. The van der Waals surface area contributed by atoms with Gasteiger partial charge in [-0.25, -0.2) is 8.42 Å². The summed E-state index contributed by atoms with van der Waals surface area (Å²) in [5.41, 5.74) is 5.70. The Labute approximate surface area is 122 Å². The lowest BCUT2D eigenvalue weighted by molar-refractivity contribution is 0.0366.